The zero-order valence-electron chi connectivity index (χ0n) is 11.5. The Bertz CT molecular complexity index is 569. The SMILES string of the molecule is CC(C)Oc1ccc(CNc2cccc(Cl)c2F)cc1. The number of ether oxygens (including phenoxy) is 1. The van der Waals surface area contributed by atoms with Crippen LogP contribution in [-0.2, 0) is 6.54 Å². The fourth-order valence-electron chi connectivity index (χ4n) is 1.80. The number of rotatable bonds is 5. The highest BCUT2D eigenvalue weighted by Gasteiger charge is 2.05. The van der Waals surface area contributed by atoms with Gasteiger partial charge in [0, 0.05) is 6.54 Å². The second kappa shape index (κ2) is 6.62. The van der Waals surface area contributed by atoms with E-state index in [-0.39, 0.29) is 11.1 Å². The zero-order chi connectivity index (χ0) is 14.5. The zero-order valence-corrected chi connectivity index (χ0v) is 12.2. The van der Waals surface area contributed by atoms with E-state index in [4.69, 9.17) is 16.3 Å². The van der Waals surface area contributed by atoms with Crippen LogP contribution in [0.5, 0.6) is 5.75 Å². The third-order valence-corrected chi connectivity index (χ3v) is 3.02. The highest BCUT2D eigenvalue weighted by Crippen LogP contribution is 2.22. The Kier molecular flexibility index (Phi) is 4.85. The van der Waals surface area contributed by atoms with E-state index in [2.05, 4.69) is 5.32 Å². The molecule has 0 aliphatic rings. The van der Waals surface area contributed by atoms with Gasteiger partial charge in [0.2, 0.25) is 0 Å². The first kappa shape index (κ1) is 14.7. The summed E-state index contributed by atoms with van der Waals surface area (Å²) in [7, 11) is 0. The Hall–Kier alpha value is -1.74. The molecule has 0 fully saturated rings. The average molecular weight is 294 g/mol. The molecule has 0 unspecified atom stereocenters. The minimum atomic E-state index is -0.422. The molecule has 2 aromatic carbocycles. The molecule has 2 nitrogen and oxygen atoms in total. The van der Waals surface area contributed by atoms with Crippen molar-refractivity contribution in [2.45, 2.75) is 26.5 Å². The summed E-state index contributed by atoms with van der Waals surface area (Å²) in [5.41, 5.74) is 1.44. The maximum absolute atomic E-state index is 13.7. The summed E-state index contributed by atoms with van der Waals surface area (Å²) in [6.45, 7) is 4.49. The second-order valence-corrected chi connectivity index (χ2v) is 5.17. The van der Waals surface area contributed by atoms with Crippen LogP contribution in [0.2, 0.25) is 5.02 Å². The van der Waals surface area contributed by atoms with E-state index in [9.17, 15) is 4.39 Å². The molecule has 0 bridgehead atoms. The van der Waals surface area contributed by atoms with Crippen LogP contribution in [0, 0.1) is 5.82 Å². The van der Waals surface area contributed by atoms with Gasteiger partial charge in [0.15, 0.2) is 5.82 Å². The van der Waals surface area contributed by atoms with E-state index in [1.165, 1.54) is 6.07 Å². The lowest BCUT2D eigenvalue weighted by atomic mass is 10.2. The minimum Gasteiger partial charge on any atom is -0.491 e. The van der Waals surface area contributed by atoms with Gasteiger partial charge in [-0.15, -0.1) is 0 Å². The minimum absolute atomic E-state index is 0.121. The molecule has 0 amide bonds. The summed E-state index contributed by atoms with van der Waals surface area (Å²) >= 11 is 5.73. The van der Waals surface area contributed by atoms with Gasteiger partial charge in [0.25, 0.3) is 0 Å². The van der Waals surface area contributed by atoms with Gasteiger partial charge in [-0.1, -0.05) is 29.8 Å². The molecule has 0 aliphatic carbocycles. The number of halogens is 2. The number of hydrogen-bond donors (Lipinski definition) is 1. The van der Waals surface area contributed by atoms with E-state index in [0.717, 1.165) is 11.3 Å². The molecule has 0 radical (unpaired) electrons. The summed E-state index contributed by atoms with van der Waals surface area (Å²) in [5, 5.41) is 3.15. The highest BCUT2D eigenvalue weighted by molar-refractivity contribution is 6.31. The molecule has 4 heteroatoms. The largest absolute Gasteiger partial charge is 0.491 e. The van der Waals surface area contributed by atoms with Crippen LogP contribution in [0.1, 0.15) is 19.4 Å². The molecule has 0 aliphatic heterocycles. The van der Waals surface area contributed by atoms with Crippen molar-refractivity contribution in [2.24, 2.45) is 0 Å². The van der Waals surface area contributed by atoms with Crippen molar-refractivity contribution in [1.82, 2.24) is 0 Å². The van der Waals surface area contributed by atoms with E-state index >= 15 is 0 Å². The molecular weight excluding hydrogens is 277 g/mol. The molecule has 2 aromatic rings. The summed E-state index contributed by atoms with van der Waals surface area (Å²) in [5.74, 6) is 0.409. The molecule has 20 heavy (non-hydrogen) atoms. The average Bonchev–Trinajstić information content (AvgIpc) is 2.41. The predicted octanol–water partition coefficient (Wildman–Crippen LogP) is 4.88. The van der Waals surface area contributed by atoms with Crippen LogP contribution in [0.15, 0.2) is 42.5 Å². The second-order valence-electron chi connectivity index (χ2n) is 4.77. The quantitative estimate of drug-likeness (QED) is 0.848. The third kappa shape index (κ3) is 3.87. The van der Waals surface area contributed by atoms with Crippen LogP contribution in [0.25, 0.3) is 0 Å². The van der Waals surface area contributed by atoms with Crippen LogP contribution < -0.4 is 10.1 Å². The Balaban J connectivity index is 1.99. The van der Waals surface area contributed by atoms with Gasteiger partial charge in [-0.05, 0) is 43.7 Å². The number of nitrogens with one attached hydrogen (secondary N) is 1. The summed E-state index contributed by atoms with van der Waals surface area (Å²) < 4.78 is 19.3. The monoisotopic (exact) mass is 293 g/mol. The van der Waals surface area contributed by atoms with Crippen LogP contribution in [0.4, 0.5) is 10.1 Å². The molecule has 0 spiro atoms. The van der Waals surface area contributed by atoms with E-state index < -0.39 is 5.82 Å². The predicted molar refractivity (Wildman–Crippen MR) is 80.9 cm³/mol. The Morgan fingerprint density at radius 1 is 1.15 bits per heavy atom. The van der Waals surface area contributed by atoms with Crippen molar-refractivity contribution >= 4 is 17.3 Å². The van der Waals surface area contributed by atoms with Crippen LogP contribution >= 0.6 is 11.6 Å². The van der Waals surface area contributed by atoms with Gasteiger partial charge in [-0.2, -0.15) is 0 Å². The van der Waals surface area contributed by atoms with Crippen LogP contribution in [-0.4, -0.2) is 6.10 Å². The first-order chi connectivity index (χ1) is 9.56. The smallest absolute Gasteiger partial charge is 0.164 e. The van der Waals surface area contributed by atoms with Gasteiger partial charge < -0.3 is 10.1 Å². The highest BCUT2D eigenvalue weighted by atomic mass is 35.5. The normalized spacial score (nSPS) is 10.7. The molecule has 0 atom stereocenters. The van der Waals surface area contributed by atoms with E-state index in [0.29, 0.717) is 12.2 Å². The van der Waals surface area contributed by atoms with Crippen molar-refractivity contribution in [3.8, 4) is 5.75 Å². The molecular formula is C16H17ClFNO. The topological polar surface area (TPSA) is 21.3 Å². The van der Waals surface area contributed by atoms with Crippen molar-refractivity contribution in [1.29, 1.82) is 0 Å². The van der Waals surface area contributed by atoms with Crippen molar-refractivity contribution in [3.63, 3.8) is 0 Å². The maximum atomic E-state index is 13.7. The third-order valence-electron chi connectivity index (χ3n) is 2.73. The summed E-state index contributed by atoms with van der Waals surface area (Å²) in [6.07, 6.45) is 0.152. The van der Waals surface area contributed by atoms with E-state index in [1.54, 1.807) is 12.1 Å². The lowest BCUT2D eigenvalue weighted by Gasteiger charge is -2.11. The summed E-state index contributed by atoms with van der Waals surface area (Å²) in [4.78, 5) is 0. The molecule has 1 N–H and O–H groups in total. The molecule has 0 saturated heterocycles. The van der Waals surface area contributed by atoms with Gasteiger partial charge in [0.1, 0.15) is 5.75 Å². The maximum Gasteiger partial charge on any atom is 0.164 e. The summed E-state index contributed by atoms with van der Waals surface area (Å²) in [6, 6.07) is 12.6. The standard InChI is InChI=1S/C16H17ClFNO/c1-11(2)20-13-8-6-12(7-9-13)10-19-15-5-3-4-14(17)16(15)18/h3-9,11,19H,10H2,1-2H3. The first-order valence-electron chi connectivity index (χ1n) is 6.49. The molecule has 2 rings (SSSR count). The molecule has 0 aromatic heterocycles. The Morgan fingerprint density at radius 3 is 2.50 bits per heavy atom. The van der Waals surface area contributed by atoms with Crippen LogP contribution in [0.3, 0.4) is 0 Å². The lowest BCUT2D eigenvalue weighted by Crippen LogP contribution is -2.06. The Labute approximate surface area is 123 Å². The molecule has 0 heterocycles. The number of benzene rings is 2. The van der Waals surface area contributed by atoms with Gasteiger partial charge >= 0.3 is 0 Å². The molecule has 106 valence electrons. The number of anilines is 1. The van der Waals surface area contributed by atoms with E-state index in [1.807, 2.05) is 38.1 Å². The van der Waals surface area contributed by atoms with Gasteiger partial charge in [-0.3, -0.25) is 0 Å². The fraction of sp³-hybridized carbons (Fsp3) is 0.250. The van der Waals surface area contributed by atoms with Gasteiger partial charge in [-0.25, -0.2) is 4.39 Å². The lowest BCUT2D eigenvalue weighted by molar-refractivity contribution is 0.242. The van der Waals surface area contributed by atoms with Gasteiger partial charge in [0.05, 0.1) is 16.8 Å². The molecule has 0 saturated carbocycles. The Morgan fingerprint density at radius 2 is 1.85 bits per heavy atom. The van der Waals surface area contributed by atoms with Crippen molar-refractivity contribution in [2.75, 3.05) is 5.32 Å². The van der Waals surface area contributed by atoms with Crippen molar-refractivity contribution < 1.29 is 9.13 Å². The fourth-order valence-corrected chi connectivity index (χ4v) is 1.97. The first-order valence-corrected chi connectivity index (χ1v) is 6.87. The van der Waals surface area contributed by atoms with Crippen molar-refractivity contribution in [3.05, 3.63) is 58.9 Å². The number of hydrogen-bond acceptors (Lipinski definition) is 2.